The molecule has 0 aliphatic heterocycles. The third kappa shape index (κ3) is 2.56. The highest BCUT2D eigenvalue weighted by atomic mass is 35.5. The number of benzene rings is 2. The first kappa shape index (κ1) is 13.4. The second-order valence-corrected chi connectivity index (χ2v) is 4.53. The number of phenolic OH excluding ortho intramolecular Hbond substituents is 1. The maximum absolute atomic E-state index is 12.4. The van der Waals surface area contributed by atoms with Gasteiger partial charge in [-0.1, -0.05) is 23.7 Å². The van der Waals surface area contributed by atoms with Gasteiger partial charge in [-0.15, -0.1) is 0 Å². The quantitative estimate of drug-likeness (QED) is 0.872. The van der Waals surface area contributed by atoms with Gasteiger partial charge in [0.05, 0.1) is 12.7 Å². The Bertz CT molecular complexity index is 635. The molecule has 0 saturated carbocycles. The lowest BCUT2D eigenvalue weighted by Gasteiger charge is -2.09. The minimum absolute atomic E-state index is 0.108. The van der Waals surface area contributed by atoms with E-state index in [0.717, 1.165) is 0 Å². The Morgan fingerprint density at radius 3 is 2.58 bits per heavy atom. The zero-order valence-corrected chi connectivity index (χ0v) is 11.4. The highest BCUT2D eigenvalue weighted by molar-refractivity contribution is 6.32. The molecule has 0 radical (unpaired) electrons. The number of hydrogen-bond acceptors (Lipinski definition) is 3. The molecule has 0 saturated heterocycles. The Balaban J connectivity index is 2.47. The SMILES string of the molecule is COc1ccc(C(=O)c2cccc(Cl)c2C)c(O)c1. The summed E-state index contributed by atoms with van der Waals surface area (Å²) in [5.74, 6) is 0.126. The molecule has 0 heterocycles. The summed E-state index contributed by atoms with van der Waals surface area (Å²) < 4.78 is 4.99. The number of methoxy groups -OCH3 is 1. The maximum atomic E-state index is 12.4. The molecule has 3 nitrogen and oxygen atoms in total. The van der Waals surface area contributed by atoms with E-state index in [4.69, 9.17) is 16.3 Å². The van der Waals surface area contributed by atoms with Gasteiger partial charge in [-0.05, 0) is 30.7 Å². The van der Waals surface area contributed by atoms with E-state index in [1.807, 2.05) is 0 Å². The molecule has 1 N–H and O–H groups in total. The standard InChI is InChI=1S/C15H13ClO3/c1-9-11(4-3-5-13(9)16)15(18)12-7-6-10(19-2)8-14(12)17/h3-8,17H,1-2H3. The molecule has 19 heavy (non-hydrogen) atoms. The molecule has 0 amide bonds. The molecule has 2 rings (SSSR count). The Morgan fingerprint density at radius 1 is 1.21 bits per heavy atom. The van der Waals surface area contributed by atoms with Crippen molar-refractivity contribution in [2.45, 2.75) is 6.92 Å². The average molecular weight is 277 g/mol. The topological polar surface area (TPSA) is 46.5 Å². The highest BCUT2D eigenvalue weighted by Gasteiger charge is 2.17. The van der Waals surface area contributed by atoms with Crippen molar-refractivity contribution in [3.63, 3.8) is 0 Å². The molecule has 4 heteroatoms. The van der Waals surface area contributed by atoms with Crippen LogP contribution >= 0.6 is 11.6 Å². The van der Waals surface area contributed by atoms with Crippen molar-refractivity contribution in [1.82, 2.24) is 0 Å². The first-order chi connectivity index (χ1) is 9.04. The van der Waals surface area contributed by atoms with Gasteiger partial charge in [0.1, 0.15) is 11.5 Å². The summed E-state index contributed by atoms with van der Waals surface area (Å²) in [6, 6.07) is 9.70. The molecule has 0 bridgehead atoms. The van der Waals surface area contributed by atoms with Gasteiger partial charge < -0.3 is 9.84 Å². The lowest BCUT2D eigenvalue weighted by molar-refractivity contribution is 0.103. The van der Waals surface area contributed by atoms with Crippen molar-refractivity contribution in [2.75, 3.05) is 7.11 Å². The third-order valence-electron chi connectivity index (χ3n) is 2.96. The maximum Gasteiger partial charge on any atom is 0.197 e. The van der Waals surface area contributed by atoms with Crippen LogP contribution in [0.1, 0.15) is 21.5 Å². The van der Waals surface area contributed by atoms with E-state index in [1.165, 1.54) is 19.2 Å². The second kappa shape index (κ2) is 5.33. The largest absolute Gasteiger partial charge is 0.507 e. The van der Waals surface area contributed by atoms with Crippen molar-refractivity contribution >= 4 is 17.4 Å². The van der Waals surface area contributed by atoms with E-state index in [9.17, 15) is 9.90 Å². The van der Waals surface area contributed by atoms with Crippen molar-refractivity contribution in [2.24, 2.45) is 0 Å². The number of carbonyl (C=O) groups is 1. The fraction of sp³-hybridized carbons (Fsp3) is 0.133. The van der Waals surface area contributed by atoms with Crippen LogP contribution in [0.2, 0.25) is 5.02 Å². The van der Waals surface area contributed by atoms with Gasteiger partial charge >= 0.3 is 0 Å². The fourth-order valence-electron chi connectivity index (χ4n) is 1.83. The minimum atomic E-state index is -0.264. The molecule has 2 aromatic rings. The summed E-state index contributed by atoms with van der Waals surface area (Å²) in [4.78, 5) is 12.4. The molecule has 2 aromatic carbocycles. The molecule has 0 aliphatic carbocycles. The normalized spacial score (nSPS) is 10.3. The van der Waals surface area contributed by atoms with Gasteiger partial charge in [-0.3, -0.25) is 4.79 Å². The van der Waals surface area contributed by atoms with E-state index in [2.05, 4.69) is 0 Å². The molecule has 0 spiro atoms. The van der Waals surface area contributed by atoms with E-state index in [1.54, 1.807) is 31.2 Å². The first-order valence-corrected chi connectivity index (χ1v) is 6.09. The molecule has 0 atom stereocenters. The molecule has 0 aliphatic rings. The molecular weight excluding hydrogens is 264 g/mol. The lowest BCUT2D eigenvalue weighted by atomic mass is 9.98. The van der Waals surface area contributed by atoms with Crippen LogP contribution in [0.25, 0.3) is 0 Å². The Morgan fingerprint density at radius 2 is 1.95 bits per heavy atom. The van der Waals surface area contributed by atoms with Gasteiger partial charge in [0.2, 0.25) is 0 Å². The summed E-state index contributed by atoms with van der Waals surface area (Å²) in [5, 5.41) is 10.4. The van der Waals surface area contributed by atoms with Gasteiger partial charge in [-0.25, -0.2) is 0 Å². The van der Waals surface area contributed by atoms with Crippen LogP contribution in [0.15, 0.2) is 36.4 Å². The number of hydrogen-bond donors (Lipinski definition) is 1. The van der Waals surface area contributed by atoms with Gasteiger partial charge in [0.15, 0.2) is 5.78 Å². The molecular formula is C15H13ClO3. The number of rotatable bonds is 3. The average Bonchev–Trinajstić information content (AvgIpc) is 2.41. The van der Waals surface area contributed by atoms with E-state index in [0.29, 0.717) is 21.9 Å². The molecule has 0 fully saturated rings. The summed E-state index contributed by atoms with van der Waals surface area (Å²) in [5.41, 5.74) is 1.41. The highest BCUT2D eigenvalue weighted by Crippen LogP contribution is 2.28. The van der Waals surface area contributed by atoms with E-state index >= 15 is 0 Å². The van der Waals surface area contributed by atoms with Crippen LogP contribution in [0.3, 0.4) is 0 Å². The number of phenols is 1. The predicted octanol–water partition coefficient (Wildman–Crippen LogP) is 3.59. The Labute approximate surface area is 116 Å². The first-order valence-electron chi connectivity index (χ1n) is 5.71. The van der Waals surface area contributed by atoms with Crippen molar-refractivity contribution in [3.8, 4) is 11.5 Å². The number of aromatic hydroxyl groups is 1. The van der Waals surface area contributed by atoms with Crippen LogP contribution in [0, 0.1) is 6.92 Å². The van der Waals surface area contributed by atoms with Crippen molar-refractivity contribution < 1.29 is 14.6 Å². The van der Waals surface area contributed by atoms with Gasteiger partial charge in [0.25, 0.3) is 0 Å². The zero-order chi connectivity index (χ0) is 14.0. The Kier molecular flexibility index (Phi) is 3.76. The zero-order valence-electron chi connectivity index (χ0n) is 10.6. The van der Waals surface area contributed by atoms with Crippen LogP contribution in [-0.2, 0) is 0 Å². The van der Waals surface area contributed by atoms with Crippen LogP contribution in [0.4, 0.5) is 0 Å². The van der Waals surface area contributed by atoms with Crippen LogP contribution in [0.5, 0.6) is 11.5 Å². The number of carbonyl (C=O) groups excluding carboxylic acids is 1. The molecule has 0 aromatic heterocycles. The fourth-order valence-corrected chi connectivity index (χ4v) is 2.00. The van der Waals surface area contributed by atoms with Crippen molar-refractivity contribution in [1.29, 1.82) is 0 Å². The van der Waals surface area contributed by atoms with E-state index < -0.39 is 0 Å². The number of ether oxygens (including phenoxy) is 1. The van der Waals surface area contributed by atoms with Gasteiger partial charge in [0, 0.05) is 16.7 Å². The van der Waals surface area contributed by atoms with Crippen LogP contribution < -0.4 is 4.74 Å². The summed E-state index contributed by atoms with van der Waals surface area (Å²) in [6.45, 7) is 1.77. The predicted molar refractivity (Wildman–Crippen MR) is 74.3 cm³/mol. The summed E-state index contributed by atoms with van der Waals surface area (Å²) in [7, 11) is 1.50. The second-order valence-electron chi connectivity index (χ2n) is 4.12. The van der Waals surface area contributed by atoms with Crippen molar-refractivity contribution in [3.05, 3.63) is 58.1 Å². The van der Waals surface area contributed by atoms with E-state index in [-0.39, 0.29) is 17.1 Å². The monoisotopic (exact) mass is 276 g/mol. The summed E-state index contributed by atoms with van der Waals surface area (Å²) >= 11 is 6.00. The lowest BCUT2D eigenvalue weighted by Crippen LogP contribution is -2.04. The summed E-state index contributed by atoms with van der Waals surface area (Å²) in [6.07, 6.45) is 0. The Hall–Kier alpha value is -2.00. The number of halogens is 1. The molecule has 98 valence electrons. The van der Waals surface area contributed by atoms with Gasteiger partial charge in [-0.2, -0.15) is 0 Å². The third-order valence-corrected chi connectivity index (χ3v) is 3.37. The smallest absolute Gasteiger partial charge is 0.197 e. The molecule has 0 unspecified atom stereocenters. The van der Waals surface area contributed by atoms with Crippen LogP contribution in [-0.4, -0.2) is 18.0 Å². The minimum Gasteiger partial charge on any atom is -0.507 e. The number of ketones is 1.